The highest BCUT2D eigenvalue weighted by Gasteiger charge is 2.00. The molecular formula is C9H20N2OS. The van der Waals surface area contributed by atoms with Gasteiger partial charge in [-0.1, -0.05) is 6.92 Å². The van der Waals surface area contributed by atoms with Crippen molar-refractivity contribution in [3.63, 3.8) is 0 Å². The van der Waals surface area contributed by atoms with E-state index in [1.165, 1.54) is 0 Å². The van der Waals surface area contributed by atoms with Crippen molar-refractivity contribution in [1.82, 2.24) is 10.6 Å². The maximum absolute atomic E-state index is 11.0. The molecule has 0 bridgehead atoms. The number of thioether (sulfide) groups is 1. The van der Waals surface area contributed by atoms with E-state index in [0.29, 0.717) is 11.7 Å². The Bertz CT molecular complexity index is 142. The third-order valence-corrected chi connectivity index (χ3v) is 2.71. The fraction of sp³-hybridized carbons (Fsp3) is 0.889. The molecule has 0 fully saturated rings. The number of amides is 1. The Morgan fingerprint density at radius 3 is 2.77 bits per heavy atom. The SMILES string of the molecule is CCNC(=O)CCNCC(C)SC. The number of carbonyl (C=O) groups is 1. The van der Waals surface area contributed by atoms with Gasteiger partial charge in [-0.15, -0.1) is 0 Å². The van der Waals surface area contributed by atoms with Gasteiger partial charge in [0.25, 0.3) is 0 Å². The second kappa shape index (κ2) is 8.38. The summed E-state index contributed by atoms with van der Waals surface area (Å²) in [5, 5.41) is 6.63. The number of hydrogen-bond acceptors (Lipinski definition) is 3. The van der Waals surface area contributed by atoms with E-state index in [1.54, 1.807) is 0 Å². The molecule has 0 radical (unpaired) electrons. The lowest BCUT2D eigenvalue weighted by molar-refractivity contribution is -0.120. The van der Waals surface area contributed by atoms with Crippen LogP contribution < -0.4 is 10.6 Å². The van der Waals surface area contributed by atoms with E-state index in [4.69, 9.17) is 0 Å². The predicted octanol–water partition coefficient (Wildman–Crippen LogP) is 0.854. The highest BCUT2D eigenvalue weighted by atomic mass is 32.2. The van der Waals surface area contributed by atoms with Crippen molar-refractivity contribution in [2.24, 2.45) is 0 Å². The summed E-state index contributed by atoms with van der Waals surface area (Å²) >= 11 is 1.83. The van der Waals surface area contributed by atoms with Gasteiger partial charge in [0.05, 0.1) is 0 Å². The normalized spacial score (nSPS) is 12.5. The van der Waals surface area contributed by atoms with Crippen LogP contribution in [-0.4, -0.2) is 37.0 Å². The summed E-state index contributed by atoms with van der Waals surface area (Å²) in [5.41, 5.74) is 0. The molecule has 0 aliphatic heterocycles. The van der Waals surface area contributed by atoms with Gasteiger partial charge in [0.1, 0.15) is 0 Å². The Kier molecular flexibility index (Phi) is 8.24. The molecule has 1 atom stereocenters. The smallest absolute Gasteiger partial charge is 0.221 e. The molecule has 0 aromatic carbocycles. The Balaban J connectivity index is 3.20. The molecule has 0 spiro atoms. The van der Waals surface area contributed by atoms with E-state index in [9.17, 15) is 4.79 Å². The van der Waals surface area contributed by atoms with Gasteiger partial charge in [0.2, 0.25) is 5.91 Å². The predicted molar refractivity (Wildman–Crippen MR) is 59.1 cm³/mol. The van der Waals surface area contributed by atoms with Crippen molar-refractivity contribution in [2.45, 2.75) is 25.5 Å². The lowest BCUT2D eigenvalue weighted by Crippen LogP contribution is -2.29. The van der Waals surface area contributed by atoms with Crippen molar-refractivity contribution in [2.75, 3.05) is 25.9 Å². The largest absolute Gasteiger partial charge is 0.356 e. The lowest BCUT2D eigenvalue weighted by Gasteiger charge is -2.09. The summed E-state index contributed by atoms with van der Waals surface area (Å²) in [7, 11) is 0. The van der Waals surface area contributed by atoms with Crippen LogP contribution in [0.3, 0.4) is 0 Å². The van der Waals surface area contributed by atoms with E-state index in [1.807, 2.05) is 18.7 Å². The van der Waals surface area contributed by atoms with E-state index in [0.717, 1.165) is 19.6 Å². The van der Waals surface area contributed by atoms with Gasteiger partial charge in [0.15, 0.2) is 0 Å². The van der Waals surface area contributed by atoms with Crippen LogP contribution in [0.2, 0.25) is 0 Å². The zero-order chi connectivity index (χ0) is 10.1. The van der Waals surface area contributed by atoms with Crippen molar-refractivity contribution in [3.8, 4) is 0 Å². The Labute approximate surface area is 85.0 Å². The molecule has 0 saturated carbocycles. The first-order valence-corrected chi connectivity index (χ1v) is 5.99. The molecule has 1 unspecified atom stereocenters. The van der Waals surface area contributed by atoms with Crippen molar-refractivity contribution < 1.29 is 4.79 Å². The zero-order valence-electron chi connectivity index (χ0n) is 8.72. The van der Waals surface area contributed by atoms with Crippen LogP contribution in [0.1, 0.15) is 20.3 Å². The van der Waals surface area contributed by atoms with Crippen molar-refractivity contribution >= 4 is 17.7 Å². The van der Waals surface area contributed by atoms with E-state index < -0.39 is 0 Å². The first-order chi connectivity index (χ1) is 6.20. The van der Waals surface area contributed by atoms with Gasteiger partial charge in [-0.2, -0.15) is 11.8 Å². The highest BCUT2D eigenvalue weighted by Crippen LogP contribution is 2.01. The first kappa shape index (κ1) is 12.8. The number of hydrogen-bond donors (Lipinski definition) is 2. The average Bonchev–Trinajstić information content (AvgIpc) is 2.12. The molecule has 4 heteroatoms. The average molecular weight is 204 g/mol. The molecule has 0 saturated heterocycles. The Hall–Kier alpha value is -0.220. The maximum atomic E-state index is 11.0. The summed E-state index contributed by atoms with van der Waals surface area (Å²) < 4.78 is 0. The minimum Gasteiger partial charge on any atom is -0.356 e. The zero-order valence-corrected chi connectivity index (χ0v) is 9.54. The fourth-order valence-corrected chi connectivity index (χ4v) is 1.16. The number of rotatable bonds is 7. The van der Waals surface area contributed by atoms with E-state index in [-0.39, 0.29) is 5.91 Å². The van der Waals surface area contributed by atoms with Gasteiger partial charge < -0.3 is 10.6 Å². The van der Waals surface area contributed by atoms with Crippen molar-refractivity contribution in [3.05, 3.63) is 0 Å². The molecule has 2 N–H and O–H groups in total. The van der Waals surface area contributed by atoms with Gasteiger partial charge >= 0.3 is 0 Å². The minimum atomic E-state index is 0.131. The summed E-state index contributed by atoms with van der Waals surface area (Å²) in [6.07, 6.45) is 2.67. The van der Waals surface area contributed by atoms with Gasteiger partial charge in [0, 0.05) is 31.3 Å². The van der Waals surface area contributed by atoms with Crippen LogP contribution >= 0.6 is 11.8 Å². The molecule has 78 valence electrons. The Morgan fingerprint density at radius 1 is 1.54 bits per heavy atom. The van der Waals surface area contributed by atoms with E-state index >= 15 is 0 Å². The second-order valence-electron chi connectivity index (χ2n) is 2.95. The van der Waals surface area contributed by atoms with Crippen LogP contribution in [0.5, 0.6) is 0 Å². The molecule has 1 amide bonds. The third kappa shape index (κ3) is 8.12. The van der Waals surface area contributed by atoms with Crippen LogP contribution in [0, 0.1) is 0 Å². The van der Waals surface area contributed by atoms with Crippen molar-refractivity contribution in [1.29, 1.82) is 0 Å². The first-order valence-electron chi connectivity index (χ1n) is 4.70. The van der Waals surface area contributed by atoms with E-state index in [2.05, 4.69) is 23.8 Å². The summed E-state index contributed by atoms with van der Waals surface area (Å²) in [5.74, 6) is 0.131. The third-order valence-electron chi connectivity index (χ3n) is 1.74. The molecule has 3 nitrogen and oxygen atoms in total. The summed E-state index contributed by atoms with van der Waals surface area (Å²) in [6.45, 7) is 6.57. The van der Waals surface area contributed by atoms with Crippen LogP contribution in [-0.2, 0) is 4.79 Å². The Morgan fingerprint density at radius 2 is 2.23 bits per heavy atom. The van der Waals surface area contributed by atoms with Crippen LogP contribution in [0.4, 0.5) is 0 Å². The molecule has 0 aliphatic rings. The second-order valence-corrected chi connectivity index (χ2v) is 4.23. The fourth-order valence-electron chi connectivity index (χ4n) is 0.876. The number of carbonyl (C=O) groups excluding carboxylic acids is 1. The monoisotopic (exact) mass is 204 g/mol. The number of nitrogens with one attached hydrogen (secondary N) is 2. The van der Waals surface area contributed by atoms with Gasteiger partial charge in [-0.25, -0.2) is 0 Å². The topological polar surface area (TPSA) is 41.1 Å². The van der Waals surface area contributed by atoms with Crippen LogP contribution in [0.15, 0.2) is 0 Å². The molecule has 0 aromatic heterocycles. The lowest BCUT2D eigenvalue weighted by atomic mass is 10.4. The molecule has 0 aromatic rings. The van der Waals surface area contributed by atoms with Crippen LogP contribution in [0.25, 0.3) is 0 Å². The maximum Gasteiger partial charge on any atom is 0.221 e. The molecule has 0 rings (SSSR count). The standard InChI is InChI=1S/C9H20N2OS/c1-4-11-9(12)5-6-10-7-8(2)13-3/h8,10H,4-7H2,1-3H3,(H,11,12). The van der Waals surface area contributed by atoms with Gasteiger partial charge in [-0.05, 0) is 13.2 Å². The summed E-state index contributed by atoms with van der Waals surface area (Å²) in [6, 6.07) is 0. The summed E-state index contributed by atoms with van der Waals surface area (Å²) in [4.78, 5) is 11.0. The minimum absolute atomic E-state index is 0.131. The molecular weight excluding hydrogens is 184 g/mol. The van der Waals surface area contributed by atoms with Gasteiger partial charge in [-0.3, -0.25) is 4.79 Å². The highest BCUT2D eigenvalue weighted by molar-refractivity contribution is 7.99. The molecule has 0 heterocycles. The quantitative estimate of drug-likeness (QED) is 0.604. The molecule has 13 heavy (non-hydrogen) atoms. The molecule has 0 aliphatic carbocycles.